The number of aromatic nitrogens is 1. The number of hydroxylamine groups is 1. The van der Waals surface area contributed by atoms with Crippen LogP contribution in [0.1, 0.15) is 37.3 Å². The molecule has 1 amide bonds. The quantitative estimate of drug-likeness (QED) is 0.244. The van der Waals surface area contributed by atoms with Gasteiger partial charge in [0.1, 0.15) is 11.6 Å². The van der Waals surface area contributed by atoms with Crippen molar-refractivity contribution in [3.63, 3.8) is 0 Å². The molecule has 3 unspecified atom stereocenters. The van der Waals surface area contributed by atoms with Gasteiger partial charge in [0.05, 0.1) is 19.3 Å². The van der Waals surface area contributed by atoms with Crippen LogP contribution >= 0.6 is 0 Å². The number of H-pyrrole nitrogens is 1. The number of aromatic amines is 1. The highest BCUT2D eigenvalue weighted by Crippen LogP contribution is 2.37. The van der Waals surface area contributed by atoms with E-state index < -0.39 is 29.3 Å². The van der Waals surface area contributed by atoms with Gasteiger partial charge in [-0.2, -0.15) is 0 Å². The average molecular weight is 525 g/mol. The third-order valence-electron chi connectivity index (χ3n) is 6.96. The molecule has 2 aromatic carbocycles. The average Bonchev–Trinajstić information content (AvgIpc) is 3.43. The molecule has 0 spiro atoms. The lowest BCUT2D eigenvalue weighted by molar-refractivity contribution is -0.120. The number of amides is 1. The molecule has 0 fully saturated rings. The summed E-state index contributed by atoms with van der Waals surface area (Å²) < 4.78 is 27.5. The molecule has 0 bridgehead atoms. The first-order chi connectivity index (χ1) is 18.3. The van der Waals surface area contributed by atoms with Gasteiger partial charge in [0.15, 0.2) is 0 Å². The molecule has 0 saturated heterocycles. The van der Waals surface area contributed by atoms with Gasteiger partial charge >= 0.3 is 0 Å². The van der Waals surface area contributed by atoms with Crippen molar-refractivity contribution in [1.82, 2.24) is 21.1 Å². The predicted octanol–water partition coefficient (Wildman–Crippen LogP) is 4.07. The maximum Gasteiger partial charge on any atom is 0.217 e. The summed E-state index contributed by atoms with van der Waals surface area (Å²) in [5, 5.41) is 17.5. The SMILES string of the molecule is CONC1=CCC(NCC(O)C(Cc2cc(F)cc(F)c2)NC(C)=O)(c2cccc(-c3ccc[nH]3)c2)CC1. The molecule has 0 aliphatic heterocycles. The van der Waals surface area contributed by atoms with Crippen LogP contribution < -0.4 is 16.1 Å². The van der Waals surface area contributed by atoms with Crippen LogP contribution in [0.15, 0.2) is 72.6 Å². The van der Waals surface area contributed by atoms with E-state index in [1.165, 1.54) is 19.1 Å². The fraction of sp³-hybridized carbons (Fsp3) is 0.345. The van der Waals surface area contributed by atoms with E-state index in [-0.39, 0.29) is 18.9 Å². The van der Waals surface area contributed by atoms with Crippen LogP contribution in [0.4, 0.5) is 8.78 Å². The van der Waals surface area contributed by atoms with Crippen LogP contribution in [0.3, 0.4) is 0 Å². The van der Waals surface area contributed by atoms with Gasteiger partial charge in [0.2, 0.25) is 5.91 Å². The summed E-state index contributed by atoms with van der Waals surface area (Å²) in [5.41, 5.74) is 6.87. The number of aliphatic hydroxyl groups excluding tert-OH is 1. The van der Waals surface area contributed by atoms with Crippen molar-refractivity contribution >= 4 is 5.91 Å². The van der Waals surface area contributed by atoms with Crippen molar-refractivity contribution in [3.05, 3.63) is 95.3 Å². The summed E-state index contributed by atoms with van der Waals surface area (Å²) in [6, 6.07) is 14.7. The number of nitrogens with one attached hydrogen (secondary N) is 4. The number of halogens is 2. The van der Waals surface area contributed by atoms with Crippen molar-refractivity contribution < 1.29 is 23.5 Å². The Kier molecular flexibility index (Phi) is 8.93. The summed E-state index contributed by atoms with van der Waals surface area (Å²) in [5.74, 6) is -1.75. The molecule has 1 aromatic heterocycles. The van der Waals surface area contributed by atoms with E-state index in [0.29, 0.717) is 12.0 Å². The molecule has 1 aliphatic rings. The normalized spacial score (nSPS) is 18.9. The molecule has 7 nitrogen and oxygen atoms in total. The summed E-state index contributed by atoms with van der Waals surface area (Å²) in [6.07, 6.45) is 5.11. The van der Waals surface area contributed by atoms with Gasteiger partial charge in [0, 0.05) is 42.7 Å². The Labute approximate surface area is 221 Å². The highest BCUT2D eigenvalue weighted by atomic mass is 19.1. The molecule has 38 heavy (non-hydrogen) atoms. The molecule has 9 heteroatoms. The highest BCUT2D eigenvalue weighted by molar-refractivity contribution is 5.73. The minimum atomic E-state index is -1.02. The second-order valence-electron chi connectivity index (χ2n) is 9.72. The van der Waals surface area contributed by atoms with E-state index >= 15 is 0 Å². The van der Waals surface area contributed by atoms with Crippen molar-refractivity contribution in [2.75, 3.05) is 13.7 Å². The van der Waals surface area contributed by atoms with Gasteiger partial charge in [0.25, 0.3) is 0 Å². The van der Waals surface area contributed by atoms with E-state index in [4.69, 9.17) is 4.84 Å². The van der Waals surface area contributed by atoms with Crippen molar-refractivity contribution in [2.45, 2.75) is 50.3 Å². The highest BCUT2D eigenvalue weighted by Gasteiger charge is 2.35. The van der Waals surface area contributed by atoms with Crippen LogP contribution in [0.5, 0.6) is 0 Å². The molecule has 1 aliphatic carbocycles. The van der Waals surface area contributed by atoms with Crippen molar-refractivity contribution in [1.29, 1.82) is 0 Å². The van der Waals surface area contributed by atoms with Gasteiger partial charge in [-0.05, 0) is 72.7 Å². The predicted molar refractivity (Wildman–Crippen MR) is 142 cm³/mol. The van der Waals surface area contributed by atoms with Gasteiger partial charge in [-0.15, -0.1) is 0 Å². The minimum Gasteiger partial charge on any atom is -0.390 e. The zero-order valence-electron chi connectivity index (χ0n) is 21.6. The summed E-state index contributed by atoms with van der Waals surface area (Å²) in [6.45, 7) is 1.50. The fourth-order valence-corrected chi connectivity index (χ4v) is 5.06. The number of hydrogen-bond acceptors (Lipinski definition) is 5. The maximum atomic E-state index is 13.8. The van der Waals surface area contributed by atoms with Gasteiger partial charge in [-0.1, -0.05) is 24.3 Å². The number of carbonyl (C=O) groups is 1. The fourth-order valence-electron chi connectivity index (χ4n) is 5.06. The van der Waals surface area contributed by atoms with Crippen LogP contribution in [-0.2, 0) is 21.6 Å². The lowest BCUT2D eigenvalue weighted by Crippen LogP contribution is -2.53. The summed E-state index contributed by atoms with van der Waals surface area (Å²) >= 11 is 0. The first-order valence-corrected chi connectivity index (χ1v) is 12.7. The van der Waals surface area contributed by atoms with Gasteiger partial charge in [-0.3, -0.25) is 15.1 Å². The minimum absolute atomic E-state index is 0.0776. The Bertz CT molecular complexity index is 1240. The number of hydrogen-bond donors (Lipinski definition) is 5. The van der Waals surface area contributed by atoms with E-state index in [9.17, 15) is 18.7 Å². The van der Waals surface area contributed by atoms with Crippen LogP contribution in [0, 0.1) is 11.6 Å². The Hall–Kier alpha value is -3.53. The first-order valence-electron chi connectivity index (χ1n) is 12.7. The largest absolute Gasteiger partial charge is 0.390 e. The second kappa shape index (κ2) is 12.3. The van der Waals surface area contributed by atoms with E-state index in [1.807, 2.05) is 30.5 Å². The number of benzene rings is 2. The Morgan fingerprint density at radius 2 is 1.95 bits per heavy atom. The van der Waals surface area contributed by atoms with Crippen molar-refractivity contribution in [2.24, 2.45) is 0 Å². The zero-order valence-corrected chi connectivity index (χ0v) is 21.6. The molecular formula is C29H34F2N4O3. The smallest absolute Gasteiger partial charge is 0.217 e. The molecule has 0 saturated carbocycles. The van der Waals surface area contributed by atoms with E-state index in [2.05, 4.69) is 39.3 Å². The first kappa shape index (κ1) is 27.5. The van der Waals surface area contributed by atoms with Gasteiger partial charge in [-0.25, -0.2) is 8.78 Å². The van der Waals surface area contributed by atoms with E-state index in [1.54, 1.807) is 7.11 Å². The molecule has 202 valence electrons. The molecular weight excluding hydrogens is 490 g/mol. The number of allylic oxidation sites excluding steroid dienone is 1. The third kappa shape index (κ3) is 6.86. The lowest BCUT2D eigenvalue weighted by atomic mass is 9.77. The van der Waals surface area contributed by atoms with Crippen LogP contribution in [-0.4, -0.2) is 41.8 Å². The van der Waals surface area contributed by atoms with Crippen LogP contribution in [0.2, 0.25) is 0 Å². The van der Waals surface area contributed by atoms with Gasteiger partial charge < -0.3 is 20.7 Å². The number of rotatable bonds is 11. The number of carbonyl (C=O) groups excluding carboxylic acids is 1. The molecule has 0 radical (unpaired) electrons. The summed E-state index contributed by atoms with van der Waals surface area (Å²) in [4.78, 5) is 20.2. The molecule has 4 rings (SSSR count). The monoisotopic (exact) mass is 524 g/mol. The van der Waals surface area contributed by atoms with Crippen molar-refractivity contribution in [3.8, 4) is 11.3 Å². The Balaban J connectivity index is 1.57. The Morgan fingerprint density at radius 1 is 1.16 bits per heavy atom. The third-order valence-corrected chi connectivity index (χ3v) is 6.96. The lowest BCUT2D eigenvalue weighted by Gasteiger charge is -2.40. The zero-order chi connectivity index (χ0) is 27.1. The maximum absolute atomic E-state index is 13.8. The second-order valence-corrected chi connectivity index (χ2v) is 9.72. The topological polar surface area (TPSA) is 98.4 Å². The molecule has 3 aromatic rings. The molecule has 5 N–H and O–H groups in total. The van der Waals surface area contributed by atoms with Crippen LogP contribution in [0.25, 0.3) is 11.3 Å². The standard InChI is InChI=1S/C29H34F2N4O3/c1-19(36)34-27(15-20-13-23(30)17-24(31)14-20)28(37)18-33-29(10-8-25(9-11-29)35-38-2)22-6-3-5-21(16-22)26-7-4-12-32-26/h3-8,12-14,16-17,27-28,32-33,35,37H,9-11,15,18H2,1-2H3,(H,34,36). The molecule has 1 heterocycles. The Morgan fingerprint density at radius 3 is 2.58 bits per heavy atom. The number of aliphatic hydroxyl groups is 1. The summed E-state index contributed by atoms with van der Waals surface area (Å²) in [7, 11) is 1.57. The molecule has 3 atom stereocenters. The van der Waals surface area contributed by atoms with E-state index in [0.717, 1.165) is 41.4 Å².